The molecule has 1 fully saturated rings. The molecule has 1 nitrogen and oxygen atoms in total. The quantitative estimate of drug-likeness (QED) is 0.798. The van der Waals surface area contributed by atoms with Gasteiger partial charge in [-0.05, 0) is 31.5 Å². The fourth-order valence-corrected chi connectivity index (χ4v) is 1.91. The molecule has 0 spiro atoms. The van der Waals surface area contributed by atoms with Gasteiger partial charge in [-0.1, -0.05) is 6.07 Å². The van der Waals surface area contributed by atoms with E-state index in [-0.39, 0.29) is 11.6 Å². The maximum Gasteiger partial charge on any atom is 0.263 e. The van der Waals surface area contributed by atoms with Gasteiger partial charge in [0.1, 0.15) is 5.82 Å². The summed E-state index contributed by atoms with van der Waals surface area (Å²) in [5, 5.41) is 3.09. The Hall–Kier alpha value is -1.03. The van der Waals surface area contributed by atoms with Crippen molar-refractivity contribution in [3.8, 4) is 0 Å². The summed E-state index contributed by atoms with van der Waals surface area (Å²) in [5.41, 5.74) is 0.255. The zero-order valence-electron chi connectivity index (χ0n) is 8.14. The van der Waals surface area contributed by atoms with Crippen LogP contribution in [-0.4, -0.2) is 6.54 Å². The van der Waals surface area contributed by atoms with E-state index in [2.05, 4.69) is 5.32 Å². The van der Waals surface area contributed by atoms with Crippen LogP contribution < -0.4 is 5.32 Å². The minimum Gasteiger partial charge on any atom is -0.310 e. The third-order valence-electron chi connectivity index (χ3n) is 2.71. The smallest absolute Gasteiger partial charge is 0.263 e. The molecule has 1 aliphatic heterocycles. The maximum absolute atomic E-state index is 13.4. The van der Waals surface area contributed by atoms with E-state index in [4.69, 9.17) is 0 Å². The van der Waals surface area contributed by atoms with Crippen LogP contribution in [0.1, 0.15) is 36.4 Å². The van der Waals surface area contributed by atoms with Crippen molar-refractivity contribution >= 4 is 0 Å². The van der Waals surface area contributed by atoms with Crippen molar-refractivity contribution in [3.05, 3.63) is 35.1 Å². The lowest BCUT2D eigenvalue weighted by Crippen LogP contribution is -2.14. The van der Waals surface area contributed by atoms with Gasteiger partial charge in [0.2, 0.25) is 0 Å². The fraction of sp³-hybridized carbons (Fsp3) is 0.455. The highest BCUT2D eigenvalue weighted by Gasteiger charge is 2.21. The van der Waals surface area contributed by atoms with Crippen LogP contribution in [-0.2, 0) is 0 Å². The molecule has 82 valence electrons. The summed E-state index contributed by atoms with van der Waals surface area (Å²) in [6.07, 6.45) is -0.766. The van der Waals surface area contributed by atoms with E-state index in [1.54, 1.807) is 0 Å². The van der Waals surface area contributed by atoms with E-state index in [1.165, 1.54) is 6.07 Å². The summed E-state index contributed by atoms with van der Waals surface area (Å²) in [7, 11) is 0. The molecule has 4 heteroatoms. The number of nitrogens with one attached hydrogen (secondary N) is 1. The van der Waals surface area contributed by atoms with Crippen molar-refractivity contribution in [2.45, 2.75) is 25.3 Å². The van der Waals surface area contributed by atoms with Gasteiger partial charge in [-0.2, -0.15) is 0 Å². The molecule has 2 rings (SSSR count). The van der Waals surface area contributed by atoms with Gasteiger partial charge in [0.05, 0.1) is 0 Å². The normalized spacial score (nSPS) is 21.2. The van der Waals surface area contributed by atoms with Gasteiger partial charge in [0.25, 0.3) is 6.43 Å². The summed E-state index contributed by atoms with van der Waals surface area (Å²) in [6, 6.07) is 3.42. The zero-order valence-corrected chi connectivity index (χ0v) is 8.14. The molecule has 1 saturated heterocycles. The van der Waals surface area contributed by atoms with Crippen molar-refractivity contribution in [1.29, 1.82) is 0 Å². The summed E-state index contributed by atoms with van der Waals surface area (Å²) < 4.78 is 38.2. The van der Waals surface area contributed by atoms with E-state index >= 15 is 0 Å². The van der Waals surface area contributed by atoms with Gasteiger partial charge < -0.3 is 5.32 Å². The Kier molecular flexibility index (Phi) is 2.95. The third-order valence-corrected chi connectivity index (χ3v) is 2.71. The van der Waals surface area contributed by atoms with Crippen molar-refractivity contribution in [3.63, 3.8) is 0 Å². The molecule has 1 aliphatic rings. The highest BCUT2D eigenvalue weighted by molar-refractivity contribution is 5.29. The van der Waals surface area contributed by atoms with Crippen LogP contribution in [0.4, 0.5) is 13.2 Å². The summed E-state index contributed by atoms with van der Waals surface area (Å²) in [6.45, 7) is 0.822. The number of halogens is 3. The molecule has 1 aromatic rings. The minimum absolute atomic E-state index is 0.108. The molecule has 0 aliphatic carbocycles. The summed E-state index contributed by atoms with van der Waals surface area (Å²) in [5.74, 6) is -0.404. The Morgan fingerprint density at radius 3 is 2.73 bits per heavy atom. The molecular formula is C11H12F3N. The van der Waals surface area contributed by atoms with Gasteiger partial charge in [-0.25, -0.2) is 13.2 Å². The maximum atomic E-state index is 13.4. The van der Waals surface area contributed by atoms with E-state index in [0.717, 1.165) is 31.5 Å². The first-order valence-electron chi connectivity index (χ1n) is 4.99. The summed E-state index contributed by atoms with van der Waals surface area (Å²) in [4.78, 5) is 0. The van der Waals surface area contributed by atoms with Crippen molar-refractivity contribution in [2.24, 2.45) is 0 Å². The number of hydrogen-bond acceptors (Lipinski definition) is 1. The van der Waals surface area contributed by atoms with Crippen LogP contribution >= 0.6 is 0 Å². The highest BCUT2D eigenvalue weighted by atomic mass is 19.3. The molecule has 0 bridgehead atoms. The lowest BCUT2D eigenvalue weighted by atomic mass is 10.0. The Labute approximate surface area is 86.3 Å². The SMILES string of the molecule is Fc1ccc(C(F)F)cc1C1CCCN1. The van der Waals surface area contributed by atoms with E-state index in [0.29, 0.717) is 5.56 Å². The molecular weight excluding hydrogens is 203 g/mol. The number of benzene rings is 1. The second kappa shape index (κ2) is 4.23. The predicted molar refractivity (Wildman–Crippen MR) is 51.3 cm³/mol. The first-order valence-corrected chi connectivity index (χ1v) is 4.99. The minimum atomic E-state index is -2.54. The largest absolute Gasteiger partial charge is 0.310 e. The molecule has 0 aromatic heterocycles. The predicted octanol–water partition coefficient (Wildman–Crippen LogP) is 3.19. The molecule has 0 radical (unpaired) electrons. The molecule has 1 unspecified atom stereocenters. The second-order valence-corrected chi connectivity index (χ2v) is 3.73. The first kappa shape index (κ1) is 10.5. The second-order valence-electron chi connectivity index (χ2n) is 3.73. The van der Waals surface area contributed by atoms with Crippen LogP contribution in [0, 0.1) is 5.82 Å². The van der Waals surface area contributed by atoms with Crippen LogP contribution in [0.2, 0.25) is 0 Å². The molecule has 0 saturated carbocycles. The Morgan fingerprint density at radius 1 is 1.33 bits per heavy atom. The number of hydrogen-bond donors (Lipinski definition) is 1. The molecule has 1 atom stereocenters. The van der Waals surface area contributed by atoms with Crippen molar-refractivity contribution < 1.29 is 13.2 Å². The van der Waals surface area contributed by atoms with E-state index in [1.807, 2.05) is 0 Å². The van der Waals surface area contributed by atoms with Crippen LogP contribution in [0.15, 0.2) is 18.2 Å². The Balaban J connectivity index is 2.31. The molecule has 15 heavy (non-hydrogen) atoms. The third kappa shape index (κ3) is 2.15. The summed E-state index contributed by atoms with van der Waals surface area (Å²) >= 11 is 0. The number of alkyl halides is 2. The lowest BCUT2D eigenvalue weighted by Gasteiger charge is -2.13. The van der Waals surface area contributed by atoms with Gasteiger partial charge >= 0.3 is 0 Å². The van der Waals surface area contributed by atoms with Gasteiger partial charge in [0.15, 0.2) is 0 Å². The molecule has 1 heterocycles. The van der Waals surface area contributed by atoms with Crippen LogP contribution in [0.3, 0.4) is 0 Å². The average Bonchev–Trinajstić information content (AvgIpc) is 2.71. The fourth-order valence-electron chi connectivity index (χ4n) is 1.91. The van der Waals surface area contributed by atoms with Crippen molar-refractivity contribution in [2.75, 3.05) is 6.54 Å². The van der Waals surface area contributed by atoms with Crippen LogP contribution in [0.5, 0.6) is 0 Å². The molecule has 1 aromatic carbocycles. The topological polar surface area (TPSA) is 12.0 Å². The lowest BCUT2D eigenvalue weighted by molar-refractivity contribution is 0.151. The highest BCUT2D eigenvalue weighted by Crippen LogP contribution is 2.29. The molecule has 1 N–H and O–H groups in total. The van der Waals surface area contributed by atoms with E-state index < -0.39 is 12.2 Å². The van der Waals surface area contributed by atoms with Gasteiger partial charge in [-0.3, -0.25) is 0 Å². The number of rotatable bonds is 2. The average molecular weight is 215 g/mol. The monoisotopic (exact) mass is 215 g/mol. The van der Waals surface area contributed by atoms with Crippen LogP contribution in [0.25, 0.3) is 0 Å². The van der Waals surface area contributed by atoms with Crippen molar-refractivity contribution in [1.82, 2.24) is 5.32 Å². The van der Waals surface area contributed by atoms with Gasteiger partial charge in [0, 0.05) is 17.2 Å². The Morgan fingerprint density at radius 2 is 2.13 bits per heavy atom. The first-order chi connectivity index (χ1) is 7.18. The van der Waals surface area contributed by atoms with E-state index in [9.17, 15) is 13.2 Å². The zero-order chi connectivity index (χ0) is 10.8. The molecule has 0 amide bonds. The standard InChI is InChI=1S/C11H12F3N/c12-9-4-3-7(11(13)14)6-8(9)10-2-1-5-15-10/h3-4,6,10-11,15H,1-2,5H2. The Bertz CT molecular complexity index is 346. The van der Waals surface area contributed by atoms with Gasteiger partial charge in [-0.15, -0.1) is 0 Å².